The molecule has 0 bridgehead atoms. The maximum absolute atomic E-state index is 12.8. The Morgan fingerprint density at radius 3 is 2.56 bits per heavy atom. The number of benzene rings is 2. The van der Waals surface area contributed by atoms with Gasteiger partial charge in [0.25, 0.3) is 0 Å². The van der Waals surface area contributed by atoms with Crippen molar-refractivity contribution in [3.05, 3.63) is 59.2 Å². The van der Waals surface area contributed by atoms with E-state index in [1.54, 1.807) is 12.0 Å². The standard InChI is InChI=1S/C22H26N2O3/c1-15-8-11-19(16(2)12-15)23-21(25)13-22(26)24(18-9-10-18)14-17-6-4-5-7-20(17)27-3/h4-8,11-12,18H,9-10,13-14H2,1-3H3,(H,23,25). The molecule has 0 radical (unpaired) electrons. The summed E-state index contributed by atoms with van der Waals surface area (Å²) in [6.45, 7) is 4.42. The highest BCUT2D eigenvalue weighted by molar-refractivity contribution is 6.04. The fraction of sp³-hybridized carbons (Fsp3) is 0.364. The van der Waals surface area contributed by atoms with E-state index in [9.17, 15) is 9.59 Å². The number of ether oxygens (including phenoxy) is 1. The van der Waals surface area contributed by atoms with Crippen molar-refractivity contribution in [1.82, 2.24) is 4.90 Å². The normalized spacial score (nSPS) is 13.1. The lowest BCUT2D eigenvalue weighted by atomic mass is 10.1. The third kappa shape index (κ3) is 4.88. The Morgan fingerprint density at radius 2 is 1.89 bits per heavy atom. The van der Waals surface area contributed by atoms with E-state index >= 15 is 0 Å². The van der Waals surface area contributed by atoms with Crippen LogP contribution >= 0.6 is 0 Å². The summed E-state index contributed by atoms with van der Waals surface area (Å²) in [6, 6.07) is 13.7. The number of rotatable bonds is 7. The van der Waals surface area contributed by atoms with E-state index in [0.717, 1.165) is 41.0 Å². The van der Waals surface area contributed by atoms with Crippen LogP contribution in [0.5, 0.6) is 5.75 Å². The summed E-state index contributed by atoms with van der Waals surface area (Å²) in [5.74, 6) is 0.332. The number of hydrogen-bond donors (Lipinski definition) is 1. The fourth-order valence-electron chi connectivity index (χ4n) is 3.21. The van der Waals surface area contributed by atoms with Gasteiger partial charge in [-0.15, -0.1) is 0 Å². The quantitative estimate of drug-likeness (QED) is 0.758. The molecule has 0 aliphatic heterocycles. The van der Waals surface area contributed by atoms with Gasteiger partial charge in [-0.05, 0) is 44.4 Å². The third-order valence-corrected chi connectivity index (χ3v) is 4.81. The molecule has 5 nitrogen and oxygen atoms in total. The number of nitrogens with zero attached hydrogens (tertiary/aromatic N) is 1. The summed E-state index contributed by atoms with van der Waals surface area (Å²) in [6.07, 6.45) is 1.82. The molecule has 1 fully saturated rings. The number of anilines is 1. The Labute approximate surface area is 160 Å². The maximum atomic E-state index is 12.8. The van der Waals surface area contributed by atoms with Crippen molar-refractivity contribution < 1.29 is 14.3 Å². The van der Waals surface area contributed by atoms with Crippen molar-refractivity contribution in [2.75, 3.05) is 12.4 Å². The molecule has 2 aromatic carbocycles. The number of carbonyl (C=O) groups is 2. The predicted molar refractivity (Wildman–Crippen MR) is 106 cm³/mol. The van der Waals surface area contributed by atoms with Gasteiger partial charge in [0.15, 0.2) is 0 Å². The van der Waals surface area contributed by atoms with Gasteiger partial charge >= 0.3 is 0 Å². The van der Waals surface area contributed by atoms with E-state index in [4.69, 9.17) is 4.74 Å². The summed E-state index contributed by atoms with van der Waals surface area (Å²) >= 11 is 0. The first kappa shape index (κ1) is 19.0. The molecule has 0 saturated heterocycles. The van der Waals surface area contributed by atoms with Crippen molar-refractivity contribution in [3.8, 4) is 5.75 Å². The van der Waals surface area contributed by atoms with E-state index in [2.05, 4.69) is 5.32 Å². The second-order valence-electron chi connectivity index (χ2n) is 7.11. The van der Waals surface area contributed by atoms with Gasteiger partial charge in [0.2, 0.25) is 11.8 Å². The number of hydrogen-bond acceptors (Lipinski definition) is 3. The van der Waals surface area contributed by atoms with Gasteiger partial charge in [-0.1, -0.05) is 35.9 Å². The highest BCUT2D eigenvalue weighted by Crippen LogP contribution is 2.31. The zero-order valence-corrected chi connectivity index (χ0v) is 16.1. The first-order chi connectivity index (χ1) is 13.0. The van der Waals surface area contributed by atoms with Crippen LogP contribution in [0.1, 0.15) is 36.0 Å². The van der Waals surface area contributed by atoms with Crippen LogP contribution in [0.2, 0.25) is 0 Å². The van der Waals surface area contributed by atoms with Gasteiger partial charge in [-0.25, -0.2) is 0 Å². The molecule has 142 valence electrons. The van der Waals surface area contributed by atoms with Gasteiger partial charge in [0.05, 0.1) is 7.11 Å². The Hall–Kier alpha value is -2.82. The summed E-state index contributed by atoms with van der Waals surface area (Å²) in [7, 11) is 1.62. The van der Waals surface area contributed by atoms with E-state index in [1.807, 2.05) is 56.3 Å². The van der Waals surface area contributed by atoms with Gasteiger partial charge in [0.1, 0.15) is 12.2 Å². The average Bonchev–Trinajstić information content (AvgIpc) is 3.47. The molecular weight excluding hydrogens is 340 g/mol. The maximum Gasteiger partial charge on any atom is 0.233 e. The first-order valence-corrected chi connectivity index (χ1v) is 9.26. The molecular formula is C22H26N2O3. The van der Waals surface area contributed by atoms with Crippen LogP contribution in [0.4, 0.5) is 5.69 Å². The number of nitrogens with one attached hydrogen (secondary N) is 1. The van der Waals surface area contributed by atoms with Gasteiger partial charge in [-0.2, -0.15) is 0 Å². The molecule has 1 aliphatic carbocycles. The van der Waals surface area contributed by atoms with E-state index in [0.29, 0.717) is 6.54 Å². The van der Waals surface area contributed by atoms with E-state index in [-0.39, 0.29) is 24.3 Å². The minimum Gasteiger partial charge on any atom is -0.496 e. The van der Waals surface area contributed by atoms with Crippen LogP contribution in [-0.2, 0) is 16.1 Å². The van der Waals surface area contributed by atoms with Crippen LogP contribution in [0.25, 0.3) is 0 Å². The fourth-order valence-corrected chi connectivity index (χ4v) is 3.21. The Bertz CT molecular complexity index is 843. The van der Waals surface area contributed by atoms with Crippen LogP contribution in [0.15, 0.2) is 42.5 Å². The summed E-state index contributed by atoms with van der Waals surface area (Å²) in [5.41, 5.74) is 3.83. The molecule has 3 rings (SSSR count). The average molecular weight is 366 g/mol. The zero-order chi connectivity index (χ0) is 19.4. The monoisotopic (exact) mass is 366 g/mol. The van der Waals surface area contributed by atoms with Crippen LogP contribution in [0.3, 0.4) is 0 Å². The first-order valence-electron chi connectivity index (χ1n) is 9.26. The van der Waals surface area contributed by atoms with E-state index < -0.39 is 0 Å². The molecule has 5 heteroatoms. The van der Waals surface area contributed by atoms with Crippen molar-refractivity contribution in [2.24, 2.45) is 0 Å². The molecule has 1 aliphatic rings. The number of carbonyl (C=O) groups excluding carboxylic acids is 2. The Morgan fingerprint density at radius 1 is 1.15 bits per heavy atom. The second kappa shape index (κ2) is 8.25. The van der Waals surface area contributed by atoms with Crippen molar-refractivity contribution in [1.29, 1.82) is 0 Å². The molecule has 0 aromatic heterocycles. The minimum atomic E-state index is -0.280. The molecule has 27 heavy (non-hydrogen) atoms. The lowest BCUT2D eigenvalue weighted by Gasteiger charge is -2.23. The molecule has 0 spiro atoms. The van der Waals surface area contributed by atoms with Crippen LogP contribution in [-0.4, -0.2) is 29.9 Å². The largest absolute Gasteiger partial charge is 0.496 e. The molecule has 2 amide bonds. The summed E-state index contributed by atoms with van der Waals surface area (Å²) < 4.78 is 5.39. The lowest BCUT2D eigenvalue weighted by molar-refractivity contribution is -0.135. The number of amides is 2. The van der Waals surface area contributed by atoms with Gasteiger partial charge in [-0.3, -0.25) is 9.59 Å². The second-order valence-corrected chi connectivity index (χ2v) is 7.11. The van der Waals surface area contributed by atoms with E-state index in [1.165, 1.54) is 0 Å². The Balaban J connectivity index is 1.66. The molecule has 0 atom stereocenters. The minimum absolute atomic E-state index is 0.148. The highest BCUT2D eigenvalue weighted by atomic mass is 16.5. The van der Waals surface area contributed by atoms with Crippen molar-refractivity contribution in [3.63, 3.8) is 0 Å². The van der Waals surface area contributed by atoms with Crippen LogP contribution < -0.4 is 10.1 Å². The number of methoxy groups -OCH3 is 1. The molecule has 0 heterocycles. The third-order valence-electron chi connectivity index (χ3n) is 4.81. The SMILES string of the molecule is COc1ccccc1CN(C(=O)CC(=O)Nc1ccc(C)cc1C)C1CC1. The summed E-state index contributed by atoms with van der Waals surface area (Å²) in [4.78, 5) is 27.0. The predicted octanol–water partition coefficient (Wildman–Crippen LogP) is 3.83. The topological polar surface area (TPSA) is 58.6 Å². The lowest BCUT2D eigenvalue weighted by Crippen LogP contribution is -2.35. The van der Waals surface area contributed by atoms with Crippen molar-refractivity contribution >= 4 is 17.5 Å². The van der Waals surface area contributed by atoms with Gasteiger partial charge < -0.3 is 15.0 Å². The van der Waals surface area contributed by atoms with Crippen LogP contribution in [0, 0.1) is 13.8 Å². The molecule has 2 aromatic rings. The smallest absolute Gasteiger partial charge is 0.233 e. The highest BCUT2D eigenvalue weighted by Gasteiger charge is 2.33. The van der Waals surface area contributed by atoms with Crippen molar-refractivity contribution in [2.45, 2.75) is 45.7 Å². The molecule has 0 unspecified atom stereocenters. The number of aryl methyl sites for hydroxylation is 2. The molecule has 1 N–H and O–H groups in total. The van der Waals surface area contributed by atoms with Gasteiger partial charge in [0, 0.05) is 23.8 Å². The summed E-state index contributed by atoms with van der Waals surface area (Å²) in [5, 5.41) is 2.86. The molecule has 1 saturated carbocycles. The number of para-hydroxylation sites is 1. The Kier molecular flexibility index (Phi) is 5.79. The zero-order valence-electron chi connectivity index (χ0n) is 16.1.